The summed E-state index contributed by atoms with van der Waals surface area (Å²) in [7, 11) is 4.18. The number of hydrogen-bond acceptors (Lipinski definition) is 4. The summed E-state index contributed by atoms with van der Waals surface area (Å²) in [5.74, 6) is 0. The molecule has 0 fully saturated rings. The standard InChI is InChI=1S/C15H21N5/c1-19(2)10-4-3-9-17-15-7-5-14(6-8-15)11-20-13-16-12-18-20/h5-9,12-13H,3-4,10-11H2,1-2H3. The van der Waals surface area contributed by atoms with Crippen molar-refractivity contribution >= 4 is 11.9 Å². The maximum atomic E-state index is 4.46. The normalized spacial score (nSPS) is 11.6. The van der Waals surface area contributed by atoms with E-state index < -0.39 is 0 Å². The molecule has 2 rings (SSSR count). The Kier molecular flexibility index (Phi) is 5.43. The van der Waals surface area contributed by atoms with Crippen molar-refractivity contribution in [2.24, 2.45) is 4.99 Å². The van der Waals surface area contributed by atoms with Gasteiger partial charge in [0.15, 0.2) is 0 Å². The van der Waals surface area contributed by atoms with E-state index in [0.717, 1.165) is 31.6 Å². The monoisotopic (exact) mass is 271 g/mol. The van der Waals surface area contributed by atoms with Crippen molar-refractivity contribution in [2.75, 3.05) is 20.6 Å². The van der Waals surface area contributed by atoms with E-state index in [1.165, 1.54) is 5.56 Å². The zero-order valence-electron chi connectivity index (χ0n) is 12.1. The van der Waals surface area contributed by atoms with Crippen LogP contribution >= 0.6 is 0 Å². The van der Waals surface area contributed by atoms with Gasteiger partial charge in [0.05, 0.1) is 12.2 Å². The van der Waals surface area contributed by atoms with Crippen LogP contribution in [0, 0.1) is 0 Å². The van der Waals surface area contributed by atoms with Crippen molar-refractivity contribution in [3.63, 3.8) is 0 Å². The van der Waals surface area contributed by atoms with E-state index in [2.05, 4.69) is 46.2 Å². The highest BCUT2D eigenvalue weighted by atomic mass is 15.3. The average molecular weight is 271 g/mol. The molecular formula is C15H21N5. The molecule has 1 heterocycles. The van der Waals surface area contributed by atoms with Crippen LogP contribution in [0.2, 0.25) is 0 Å². The maximum absolute atomic E-state index is 4.46. The molecule has 0 radical (unpaired) electrons. The number of hydrogen-bond donors (Lipinski definition) is 0. The number of aliphatic imine (C=N–C) groups is 1. The lowest BCUT2D eigenvalue weighted by molar-refractivity contribution is 0.404. The largest absolute Gasteiger partial charge is 0.309 e. The van der Waals surface area contributed by atoms with Gasteiger partial charge in [0, 0.05) is 6.21 Å². The smallest absolute Gasteiger partial charge is 0.137 e. The van der Waals surface area contributed by atoms with Crippen molar-refractivity contribution < 1.29 is 0 Å². The van der Waals surface area contributed by atoms with Crippen molar-refractivity contribution in [3.05, 3.63) is 42.5 Å². The molecule has 0 aliphatic rings. The van der Waals surface area contributed by atoms with Gasteiger partial charge in [0.25, 0.3) is 0 Å². The molecule has 0 N–H and O–H groups in total. The summed E-state index contributed by atoms with van der Waals surface area (Å²) in [4.78, 5) is 10.6. The average Bonchev–Trinajstić information content (AvgIpc) is 2.93. The van der Waals surface area contributed by atoms with Crippen LogP contribution in [-0.4, -0.2) is 46.5 Å². The van der Waals surface area contributed by atoms with E-state index in [1.54, 1.807) is 17.3 Å². The second-order valence-corrected chi connectivity index (χ2v) is 5.02. The second kappa shape index (κ2) is 7.55. The molecule has 5 nitrogen and oxygen atoms in total. The number of unbranched alkanes of at least 4 members (excludes halogenated alkanes) is 1. The molecule has 0 aliphatic carbocycles. The minimum Gasteiger partial charge on any atom is -0.309 e. The van der Waals surface area contributed by atoms with Crippen LogP contribution in [0.25, 0.3) is 0 Å². The van der Waals surface area contributed by atoms with Gasteiger partial charge in [-0.3, -0.25) is 4.99 Å². The molecule has 5 heteroatoms. The molecule has 0 unspecified atom stereocenters. The zero-order chi connectivity index (χ0) is 14.2. The van der Waals surface area contributed by atoms with E-state index in [-0.39, 0.29) is 0 Å². The van der Waals surface area contributed by atoms with Gasteiger partial charge >= 0.3 is 0 Å². The van der Waals surface area contributed by atoms with Crippen LogP contribution in [-0.2, 0) is 6.54 Å². The Hall–Kier alpha value is -2.01. The summed E-state index contributed by atoms with van der Waals surface area (Å²) in [5, 5.41) is 4.09. The lowest BCUT2D eigenvalue weighted by Gasteiger charge is -2.06. The maximum Gasteiger partial charge on any atom is 0.137 e. The minimum absolute atomic E-state index is 0.743. The highest BCUT2D eigenvalue weighted by Gasteiger charge is 1.96. The van der Waals surface area contributed by atoms with Gasteiger partial charge < -0.3 is 4.90 Å². The molecule has 0 amide bonds. The number of rotatable bonds is 7. The van der Waals surface area contributed by atoms with E-state index in [1.807, 2.05) is 18.3 Å². The van der Waals surface area contributed by atoms with Crippen molar-refractivity contribution in [1.29, 1.82) is 0 Å². The quantitative estimate of drug-likeness (QED) is 0.574. The van der Waals surface area contributed by atoms with Crippen molar-refractivity contribution in [1.82, 2.24) is 19.7 Å². The summed E-state index contributed by atoms with van der Waals surface area (Å²) in [6, 6.07) is 8.23. The molecule has 0 aliphatic heterocycles. The summed E-state index contributed by atoms with van der Waals surface area (Å²) in [6.45, 7) is 1.84. The Morgan fingerprint density at radius 3 is 2.70 bits per heavy atom. The highest BCUT2D eigenvalue weighted by Crippen LogP contribution is 2.13. The predicted molar refractivity (Wildman–Crippen MR) is 81.5 cm³/mol. The summed E-state index contributed by atoms with van der Waals surface area (Å²) in [5.41, 5.74) is 2.19. The van der Waals surface area contributed by atoms with Gasteiger partial charge in [-0.25, -0.2) is 9.67 Å². The summed E-state index contributed by atoms with van der Waals surface area (Å²) < 4.78 is 1.81. The van der Waals surface area contributed by atoms with Crippen LogP contribution in [0.5, 0.6) is 0 Å². The van der Waals surface area contributed by atoms with Gasteiger partial charge in [-0.1, -0.05) is 12.1 Å². The Bertz CT molecular complexity index is 514. The minimum atomic E-state index is 0.743. The Morgan fingerprint density at radius 2 is 2.05 bits per heavy atom. The predicted octanol–water partition coefficient (Wildman–Crippen LogP) is 2.37. The number of nitrogens with zero attached hydrogens (tertiary/aromatic N) is 5. The van der Waals surface area contributed by atoms with Gasteiger partial charge in [0.1, 0.15) is 12.7 Å². The first-order valence-corrected chi connectivity index (χ1v) is 6.82. The van der Waals surface area contributed by atoms with Crippen LogP contribution in [0.4, 0.5) is 5.69 Å². The third kappa shape index (κ3) is 4.93. The highest BCUT2D eigenvalue weighted by molar-refractivity contribution is 5.63. The fraction of sp³-hybridized carbons (Fsp3) is 0.400. The Labute approximate surface area is 120 Å². The molecule has 20 heavy (non-hydrogen) atoms. The fourth-order valence-electron chi connectivity index (χ4n) is 1.86. The van der Waals surface area contributed by atoms with Gasteiger partial charge in [-0.15, -0.1) is 0 Å². The molecule has 0 bridgehead atoms. The van der Waals surface area contributed by atoms with Crippen LogP contribution in [0.3, 0.4) is 0 Å². The SMILES string of the molecule is CN(C)CCCC=Nc1ccc(Cn2cncn2)cc1. The first-order chi connectivity index (χ1) is 9.74. The fourth-order valence-corrected chi connectivity index (χ4v) is 1.86. The first-order valence-electron chi connectivity index (χ1n) is 6.82. The third-order valence-electron chi connectivity index (χ3n) is 2.93. The molecule has 0 atom stereocenters. The second-order valence-electron chi connectivity index (χ2n) is 5.02. The molecule has 2 aromatic rings. The van der Waals surface area contributed by atoms with E-state index in [0.29, 0.717) is 0 Å². The number of aromatic nitrogens is 3. The topological polar surface area (TPSA) is 46.3 Å². The molecular weight excluding hydrogens is 250 g/mol. The van der Waals surface area contributed by atoms with Crippen LogP contribution in [0.1, 0.15) is 18.4 Å². The summed E-state index contributed by atoms with van der Waals surface area (Å²) in [6.07, 6.45) is 7.42. The molecule has 0 saturated carbocycles. The molecule has 0 saturated heterocycles. The lowest BCUT2D eigenvalue weighted by Crippen LogP contribution is -2.12. The zero-order valence-corrected chi connectivity index (χ0v) is 12.1. The van der Waals surface area contributed by atoms with Gasteiger partial charge in [-0.05, 0) is 51.2 Å². The van der Waals surface area contributed by atoms with Crippen LogP contribution < -0.4 is 0 Å². The van der Waals surface area contributed by atoms with E-state index >= 15 is 0 Å². The van der Waals surface area contributed by atoms with E-state index in [9.17, 15) is 0 Å². The van der Waals surface area contributed by atoms with Crippen LogP contribution in [0.15, 0.2) is 41.9 Å². The van der Waals surface area contributed by atoms with Gasteiger partial charge in [0.2, 0.25) is 0 Å². The van der Waals surface area contributed by atoms with E-state index in [4.69, 9.17) is 0 Å². The summed E-state index contributed by atoms with van der Waals surface area (Å²) >= 11 is 0. The Morgan fingerprint density at radius 1 is 1.25 bits per heavy atom. The molecule has 0 spiro atoms. The molecule has 106 valence electrons. The van der Waals surface area contributed by atoms with Gasteiger partial charge in [-0.2, -0.15) is 5.10 Å². The lowest BCUT2D eigenvalue weighted by atomic mass is 10.2. The van der Waals surface area contributed by atoms with Crippen molar-refractivity contribution in [3.8, 4) is 0 Å². The Balaban J connectivity index is 1.80. The third-order valence-corrected chi connectivity index (χ3v) is 2.93. The molecule has 1 aromatic carbocycles. The van der Waals surface area contributed by atoms with Crippen molar-refractivity contribution in [2.45, 2.75) is 19.4 Å². The molecule has 1 aromatic heterocycles. The number of benzene rings is 1. The first kappa shape index (κ1) is 14.4.